The molecule has 2 amide bonds. The summed E-state index contributed by atoms with van der Waals surface area (Å²) in [6, 6.07) is 0.127. The molecule has 2 heterocycles. The van der Waals surface area contributed by atoms with Gasteiger partial charge in [-0.2, -0.15) is 0 Å². The lowest BCUT2D eigenvalue weighted by molar-refractivity contribution is 0.0383. The molecule has 1 spiro atoms. The quantitative estimate of drug-likeness (QED) is 0.809. The zero-order valence-electron chi connectivity index (χ0n) is 13.6. The smallest absolute Gasteiger partial charge is 0.317 e. The highest BCUT2D eigenvalue weighted by Gasteiger charge is 2.36. The van der Waals surface area contributed by atoms with Crippen molar-refractivity contribution in [2.75, 3.05) is 52.5 Å². The van der Waals surface area contributed by atoms with Crippen molar-refractivity contribution in [3.05, 3.63) is 12.2 Å². The van der Waals surface area contributed by atoms with Crippen molar-refractivity contribution in [1.82, 2.24) is 15.1 Å². The molecule has 0 bridgehead atoms. The second-order valence-electron chi connectivity index (χ2n) is 6.93. The SMILES string of the molecule is O=C(NCCN1CCOCC1)N1CCCC2(CC=CCC2)C1. The number of nitrogens with zero attached hydrogens (tertiary/aromatic N) is 2. The molecule has 0 radical (unpaired) electrons. The van der Waals surface area contributed by atoms with Gasteiger partial charge in [-0.3, -0.25) is 4.90 Å². The molecule has 0 aromatic rings. The van der Waals surface area contributed by atoms with Crippen LogP contribution in [0, 0.1) is 5.41 Å². The number of urea groups is 1. The summed E-state index contributed by atoms with van der Waals surface area (Å²) in [7, 11) is 0. The van der Waals surface area contributed by atoms with E-state index in [1.54, 1.807) is 0 Å². The van der Waals surface area contributed by atoms with Crippen LogP contribution < -0.4 is 5.32 Å². The number of ether oxygens (including phenoxy) is 1. The monoisotopic (exact) mass is 307 g/mol. The zero-order valence-corrected chi connectivity index (χ0v) is 13.6. The second-order valence-corrected chi connectivity index (χ2v) is 6.93. The maximum Gasteiger partial charge on any atom is 0.317 e. The Morgan fingerprint density at radius 1 is 1.18 bits per heavy atom. The van der Waals surface area contributed by atoms with Crippen LogP contribution in [-0.4, -0.2) is 68.3 Å². The van der Waals surface area contributed by atoms with Crippen molar-refractivity contribution in [1.29, 1.82) is 0 Å². The first-order valence-electron chi connectivity index (χ1n) is 8.75. The van der Waals surface area contributed by atoms with Gasteiger partial charge in [-0.1, -0.05) is 12.2 Å². The largest absolute Gasteiger partial charge is 0.379 e. The fourth-order valence-electron chi connectivity index (χ4n) is 3.95. The van der Waals surface area contributed by atoms with Crippen LogP contribution in [-0.2, 0) is 4.74 Å². The molecule has 0 aromatic carbocycles. The van der Waals surface area contributed by atoms with Crippen LogP contribution in [0.2, 0.25) is 0 Å². The summed E-state index contributed by atoms with van der Waals surface area (Å²) >= 11 is 0. The van der Waals surface area contributed by atoms with Crippen LogP contribution in [0.15, 0.2) is 12.2 Å². The number of hydrogen-bond donors (Lipinski definition) is 1. The van der Waals surface area contributed by atoms with Crippen LogP contribution in [0.1, 0.15) is 32.1 Å². The number of rotatable bonds is 3. The van der Waals surface area contributed by atoms with E-state index >= 15 is 0 Å². The summed E-state index contributed by atoms with van der Waals surface area (Å²) in [5.74, 6) is 0. The minimum absolute atomic E-state index is 0.127. The number of nitrogens with one attached hydrogen (secondary N) is 1. The van der Waals surface area contributed by atoms with E-state index in [0.29, 0.717) is 5.41 Å². The van der Waals surface area contributed by atoms with E-state index in [9.17, 15) is 4.79 Å². The third kappa shape index (κ3) is 4.02. The lowest BCUT2D eigenvalue weighted by Gasteiger charge is -2.43. The van der Waals surface area contributed by atoms with Crippen molar-refractivity contribution in [3.63, 3.8) is 0 Å². The van der Waals surface area contributed by atoms with E-state index in [4.69, 9.17) is 4.74 Å². The molecule has 124 valence electrons. The van der Waals surface area contributed by atoms with Crippen LogP contribution in [0.25, 0.3) is 0 Å². The Labute approximate surface area is 133 Å². The molecule has 2 aliphatic heterocycles. The number of piperidine rings is 1. The van der Waals surface area contributed by atoms with E-state index in [2.05, 4.69) is 22.4 Å². The summed E-state index contributed by atoms with van der Waals surface area (Å²) in [6.45, 7) is 7.10. The molecule has 5 nitrogen and oxygen atoms in total. The molecule has 0 aromatic heterocycles. The first kappa shape index (κ1) is 15.8. The Hall–Kier alpha value is -1.07. The van der Waals surface area contributed by atoms with Gasteiger partial charge in [0.2, 0.25) is 0 Å². The van der Waals surface area contributed by atoms with Crippen LogP contribution >= 0.6 is 0 Å². The Morgan fingerprint density at radius 3 is 2.82 bits per heavy atom. The summed E-state index contributed by atoms with van der Waals surface area (Å²) < 4.78 is 5.34. The van der Waals surface area contributed by atoms with Crippen molar-refractivity contribution in [2.24, 2.45) is 5.41 Å². The highest BCUT2D eigenvalue weighted by molar-refractivity contribution is 5.74. The number of carbonyl (C=O) groups is 1. The Bertz CT molecular complexity index is 407. The molecule has 2 fully saturated rings. The third-order valence-electron chi connectivity index (χ3n) is 5.32. The van der Waals surface area contributed by atoms with Crippen LogP contribution in [0.4, 0.5) is 4.79 Å². The molecule has 1 aliphatic carbocycles. The van der Waals surface area contributed by atoms with Crippen LogP contribution in [0.5, 0.6) is 0 Å². The van der Waals surface area contributed by atoms with E-state index < -0.39 is 0 Å². The van der Waals surface area contributed by atoms with E-state index in [1.165, 1.54) is 19.3 Å². The number of likely N-dealkylation sites (tertiary alicyclic amines) is 1. The molecule has 1 N–H and O–H groups in total. The van der Waals surface area contributed by atoms with Gasteiger partial charge in [0, 0.05) is 39.3 Å². The van der Waals surface area contributed by atoms with Gasteiger partial charge >= 0.3 is 6.03 Å². The Kier molecular flexibility index (Phi) is 5.37. The molecule has 1 unspecified atom stereocenters. The molecule has 2 saturated heterocycles. The minimum Gasteiger partial charge on any atom is -0.379 e. The molecule has 5 heteroatoms. The van der Waals surface area contributed by atoms with E-state index in [1.807, 2.05) is 4.90 Å². The topological polar surface area (TPSA) is 44.8 Å². The predicted octanol–water partition coefficient (Wildman–Crippen LogP) is 1.85. The predicted molar refractivity (Wildman–Crippen MR) is 86.9 cm³/mol. The molecular weight excluding hydrogens is 278 g/mol. The number of morpholine rings is 1. The van der Waals surface area contributed by atoms with Crippen molar-refractivity contribution < 1.29 is 9.53 Å². The maximum atomic E-state index is 12.4. The second kappa shape index (κ2) is 7.47. The third-order valence-corrected chi connectivity index (χ3v) is 5.32. The molecule has 3 rings (SSSR count). The first-order chi connectivity index (χ1) is 10.8. The summed E-state index contributed by atoms with van der Waals surface area (Å²) in [5.41, 5.74) is 0.356. The fourth-order valence-corrected chi connectivity index (χ4v) is 3.95. The summed E-state index contributed by atoms with van der Waals surface area (Å²) in [5, 5.41) is 3.11. The fraction of sp³-hybridized carbons (Fsp3) is 0.824. The lowest BCUT2D eigenvalue weighted by Crippen LogP contribution is -2.51. The van der Waals surface area contributed by atoms with Crippen molar-refractivity contribution in [2.45, 2.75) is 32.1 Å². The van der Waals surface area contributed by atoms with Gasteiger partial charge in [-0.05, 0) is 37.5 Å². The Balaban J connectivity index is 1.42. The number of carbonyl (C=O) groups excluding carboxylic acids is 1. The minimum atomic E-state index is 0.127. The van der Waals surface area contributed by atoms with Gasteiger partial charge in [0.05, 0.1) is 13.2 Å². The lowest BCUT2D eigenvalue weighted by atomic mass is 9.71. The van der Waals surface area contributed by atoms with Crippen molar-refractivity contribution in [3.8, 4) is 0 Å². The zero-order chi connectivity index (χ0) is 15.3. The maximum absolute atomic E-state index is 12.4. The average Bonchev–Trinajstić information content (AvgIpc) is 2.56. The summed E-state index contributed by atoms with van der Waals surface area (Å²) in [6.07, 6.45) is 10.6. The summed E-state index contributed by atoms with van der Waals surface area (Å²) in [4.78, 5) is 16.8. The molecule has 0 saturated carbocycles. The van der Waals surface area contributed by atoms with E-state index in [-0.39, 0.29) is 6.03 Å². The number of hydrogen-bond acceptors (Lipinski definition) is 3. The number of allylic oxidation sites excluding steroid dienone is 2. The highest BCUT2D eigenvalue weighted by atomic mass is 16.5. The van der Waals surface area contributed by atoms with Gasteiger partial charge in [-0.15, -0.1) is 0 Å². The first-order valence-corrected chi connectivity index (χ1v) is 8.75. The van der Waals surface area contributed by atoms with Crippen LogP contribution in [0.3, 0.4) is 0 Å². The van der Waals surface area contributed by atoms with Crippen molar-refractivity contribution >= 4 is 6.03 Å². The molecular formula is C17H29N3O2. The van der Waals surface area contributed by atoms with E-state index in [0.717, 1.165) is 65.3 Å². The molecule has 1 atom stereocenters. The van der Waals surface area contributed by atoms with Gasteiger partial charge < -0.3 is 15.0 Å². The highest BCUT2D eigenvalue weighted by Crippen LogP contribution is 2.40. The van der Waals surface area contributed by atoms with Gasteiger partial charge in [0.1, 0.15) is 0 Å². The number of amides is 2. The molecule has 22 heavy (non-hydrogen) atoms. The molecule has 3 aliphatic rings. The van der Waals surface area contributed by atoms with Gasteiger partial charge in [-0.25, -0.2) is 4.79 Å². The Morgan fingerprint density at radius 2 is 2.05 bits per heavy atom. The van der Waals surface area contributed by atoms with Gasteiger partial charge in [0.25, 0.3) is 0 Å². The average molecular weight is 307 g/mol. The normalized spacial score (nSPS) is 29.7. The standard InChI is InChI=1S/C17H29N3O2/c21-16(18-8-10-19-11-13-22-14-12-19)20-9-4-7-17(15-20)5-2-1-3-6-17/h1-2H,3-15H2,(H,18,21). The van der Waals surface area contributed by atoms with Gasteiger partial charge in [0.15, 0.2) is 0 Å².